The Bertz CT molecular complexity index is 765. The standard InChI is InChI=1S/C19H18Cl2N2O/c20-17-7-6-14(8-18(17)21)19-12-22-9-15(19)16(19)10-23-24-11-13-4-2-1-3-5-13/h1-8,10,15-16,22H,9,11-12H2. The van der Waals surface area contributed by atoms with Crippen LogP contribution in [0.3, 0.4) is 0 Å². The average Bonchev–Trinajstić information content (AvgIpc) is 2.99. The minimum absolute atomic E-state index is 0.0772. The van der Waals surface area contributed by atoms with Crippen molar-refractivity contribution in [1.29, 1.82) is 0 Å². The Morgan fingerprint density at radius 1 is 1.17 bits per heavy atom. The molecule has 0 spiro atoms. The molecule has 5 heteroatoms. The number of halogens is 2. The molecular formula is C19H18Cl2N2O. The molecule has 124 valence electrons. The van der Waals surface area contributed by atoms with E-state index in [1.54, 1.807) is 0 Å². The fourth-order valence-electron chi connectivity index (χ4n) is 3.87. The molecule has 1 saturated heterocycles. The predicted molar refractivity (Wildman–Crippen MR) is 97.7 cm³/mol. The van der Waals surface area contributed by atoms with Crippen molar-refractivity contribution in [2.75, 3.05) is 13.1 Å². The Kier molecular flexibility index (Phi) is 4.25. The lowest BCUT2D eigenvalue weighted by Crippen LogP contribution is -2.24. The van der Waals surface area contributed by atoms with Gasteiger partial charge in [0, 0.05) is 24.1 Å². The first kappa shape index (κ1) is 15.9. The van der Waals surface area contributed by atoms with Gasteiger partial charge in [0.15, 0.2) is 0 Å². The van der Waals surface area contributed by atoms with Gasteiger partial charge in [-0.1, -0.05) is 64.8 Å². The molecule has 1 aliphatic carbocycles. The van der Waals surface area contributed by atoms with E-state index < -0.39 is 0 Å². The summed E-state index contributed by atoms with van der Waals surface area (Å²) in [5, 5.41) is 8.88. The Labute approximate surface area is 151 Å². The van der Waals surface area contributed by atoms with Gasteiger partial charge in [-0.3, -0.25) is 0 Å². The average molecular weight is 361 g/mol. The van der Waals surface area contributed by atoms with E-state index in [2.05, 4.69) is 16.5 Å². The number of benzene rings is 2. The molecule has 1 heterocycles. The zero-order valence-corrected chi connectivity index (χ0v) is 14.6. The molecule has 3 nitrogen and oxygen atoms in total. The third-order valence-corrected chi connectivity index (χ3v) is 5.93. The SMILES string of the molecule is Clc1ccc(C23CNCC2C3C=NOCc2ccccc2)cc1Cl. The van der Waals surface area contributed by atoms with Gasteiger partial charge in [0.1, 0.15) is 6.61 Å². The van der Waals surface area contributed by atoms with Crippen LogP contribution < -0.4 is 5.32 Å². The van der Waals surface area contributed by atoms with Crippen LogP contribution in [0.4, 0.5) is 0 Å². The number of piperidine rings is 1. The van der Waals surface area contributed by atoms with E-state index in [0.29, 0.717) is 28.5 Å². The van der Waals surface area contributed by atoms with Crippen molar-refractivity contribution < 1.29 is 4.84 Å². The molecule has 1 saturated carbocycles. The van der Waals surface area contributed by atoms with Crippen molar-refractivity contribution in [2.45, 2.75) is 12.0 Å². The summed E-state index contributed by atoms with van der Waals surface area (Å²) in [5.41, 5.74) is 2.42. The second kappa shape index (κ2) is 6.40. The van der Waals surface area contributed by atoms with E-state index in [0.717, 1.165) is 18.7 Å². The first-order chi connectivity index (χ1) is 11.7. The molecule has 2 fully saturated rings. The van der Waals surface area contributed by atoms with E-state index in [1.807, 2.05) is 48.7 Å². The summed E-state index contributed by atoms with van der Waals surface area (Å²) in [6, 6.07) is 16.0. The van der Waals surface area contributed by atoms with Crippen LogP contribution in [0.5, 0.6) is 0 Å². The lowest BCUT2D eigenvalue weighted by atomic mass is 9.93. The van der Waals surface area contributed by atoms with Crippen molar-refractivity contribution in [3.63, 3.8) is 0 Å². The monoisotopic (exact) mass is 360 g/mol. The summed E-state index contributed by atoms with van der Waals surface area (Å²) >= 11 is 12.3. The van der Waals surface area contributed by atoms with Gasteiger partial charge in [-0.25, -0.2) is 0 Å². The number of hydrogen-bond donors (Lipinski definition) is 1. The van der Waals surface area contributed by atoms with Crippen molar-refractivity contribution in [2.24, 2.45) is 17.0 Å². The first-order valence-electron chi connectivity index (χ1n) is 8.07. The molecular weight excluding hydrogens is 343 g/mol. The minimum atomic E-state index is 0.0772. The lowest BCUT2D eigenvalue weighted by molar-refractivity contribution is 0.131. The maximum absolute atomic E-state index is 6.20. The molecule has 2 aromatic rings. The molecule has 0 bridgehead atoms. The van der Waals surface area contributed by atoms with Crippen LogP contribution in [-0.2, 0) is 16.9 Å². The van der Waals surface area contributed by atoms with E-state index in [-0.39, 0.29) is 5.41 Å². The second-order valence-corrected chi connectivity index (χ2v) is 7.26. The maximum atomic E-state index is 6.20. The number of nitrogens with one attached hydrogen (secondary N) is 1. The Morgan fingerprint density at radius 2 is 2.00 bits per heavy atom. The molecule has 3 unspecified atom stereocenters. The molecule has 2 aromatic carbocycles. The molecule has 1 aliphatic heterocycles. The fraction of sp³-hybridized carbons (Fsp3) is 0.316. The largest absolute Gasteiger partial charge is 0.391 e. The summed E-state index contributed by atoms with van der Waals surface area (Å²) < 4.78 is 0. The summed E-state index contributed by atoms with van der Waals surface area (Å²) in [4.78, 5) is 5.46. The van der Waals surface area contributed by atoms with E-state index in [4.69, 9.17) is 28.0 Å². The Hall–Kier alpha value is -1.55. The highest BCUT2D eigenvalue weighted by Gasteiger charge is 2.67. The predicted octanol–water partition coefficient (Wildman–Crippen LogP) is 4.28. The van der Waals surface area contributed by atoms with Crippen LogP contribution in [0.1, 0.15) is 11.1 Å². The van der Waals surface area contributed by atoms with Crippen molar-refractivity contribution >= 4 is 29.4 Å². The smallest absolute Gasteiger partial charge is 0.142 e. The number of hydrogen-bond acceptors (Lipinski definition) is 3. The highest BCUT2D eigenvalue weighted by molar-refractivity contribution is 6.42. The van der Waals surface area contributed by atoms with Crippen molar-refractivity contribution in [3.8, 4) is 0 Å². The van der Waals surface area contributed by atoms with Gasteiger partial charge in [-0.05, 0) is 35.7 Å². The molecule has 3 atom stereocenters. The van der Waals surface area contributed by atoms with Gasteiger partial charge in [0.2, 0.25) is 0 Å². The molecule has 24 heavy (non-hydrogen) atoms. The normalized spacial score (nSPS) is 28.1. The van der Waals surface area contributed by atoms with Gasteiger partial charge in [0.25, 0.3) is 0 Å². The lowest BCUT2D eigenvalue weighted by Gasteiger charge is -2.15. The minimum Gasteiger partial charge on any atom is -0.391 e. The van der Waals surface area contributed by atoms with E-state index in [9.17, 15) is 0 Å². The third-order valence-electron chi connectivity index (χ3n) is 5.19. The Balaban J connectivity index is 1.45. The van der Waals surface area contributed by atoms with Gasteiger partial charge in [-0.15, -0.1) is 0 Å². The van der Waals surface area contributed by atoms with Crippen LogP contribution >= 0.6 is 23.2 Å². The third kappa shape index (κ3) is 2.71. The zero-order chi connectivity index (χ0) is 16.6. The van der Waals surface area contributed by atoms with Crippen LogP contribution in [0.25, 0.3) is 0 Å². The second-order valence-electron chi connectivity index (χ2n) is 6.45. The topological polar surface area (TPSA) is 33.6 Å². The molecule has 1 N–H and O–H groups in total. The Morgan fingerprint density at radius 3 is 2.79 bits per heavy atom. The summed E-state index contributed by atoms with van der Waals surface area (Å²) in [5.74, 6) is 0.922. The number of rotatable bonds is 5. The quantitative estimate of drug-likeness (QED) is 0.637. The molecule has 0 amide bonds. The first-order valence-corrected chi connectivity index (χ1v) is 8.83. The van der Waals surface area contributed by atoms with Crippen molar-refractivity contribution in [1.82, 2.24) is 5.32 Å². The van der Waals surface area contributed by atoms with Crippen LogP contribution in [0, 0.1) is 11.8 Å². The zero-order valence-electron chi connectivity index (χ0n) is 13.1. The maximum Gasteiger partial charge on any atom is 0.142 e. The van der Waals surface area contributed by atoms with Crippen LogP contribution in [0.15, 0.2) is 53.7 Å². The molecule has 0 radical (unpaired) electrons. The highest BCUT2D eigenvalue weighted by atomic mass is 35.5. The number of oxime groups is 1. The van der Waals surface area contributed by atoms with Crippen LogP contribution in [-0.4, -0.2) is 19.3 Å². The van der Waals surface area contributed by atoms with Crippen LogP contribution in [0.2, 0.25) is 10.0 Å². The molecule has 2 aliphatic rings. The van der Waals surface area contributed by atoms with Gasteiger partial charge >= 0.3 is 0 Å². The number of fused-ring (bicyclic) bond motifs is 1. The number of nitrogens with zero attached hydrogens (tertiary/aromatic N) is 1. The fourth-order valence-corrected chi connectivity index (χ4v) is 4.17. The van der Waals surface area contributed by atoms with Gasteiger partial charge < -0.3 is 10.2 Å². The summed E-state index contributed by atoms with van der Waals surface area (Å²) in [7, 11) is 0. The van der Waals surface area contributed by atoms with Gasteiger partial charge in [0.05, 0.1) is 10.0 Å². The highest BCUT2D eigenvalue weighted by Crippen LogP contribution is 2.61. The summed E-state index contributed by atoms with van der Waals surface area (Å²) in [6.45, 7) is 2.42. The summed E-state index contributed by atoms with van der Waals surface area (Å²) in [6.07, 6.45) is 1.96. The van der Waals surface area contributed by atoms with Gasteiger partial charge in [-0.2, -0.15) is 0 Å². The van der Waals surface area contributed by atoms with E-state index in [1.165, 1.54) is 5.56 Å². The molecule has 0 aromatic heterocycles. The molecule has 4 rings (SSSR count). The van der Waals surface area contributed by atoms with E-state index >= 15 is 0 Å². The van der Waals surface area contributed by atoms with Crippen molar-refractivity contribution in [3.05, 3.63) is 69.7 Å².